The minimum absolute atomic E-state index is 0.0733. The maximum absolute atomic E-state index is 11.5. The average Bonchev–Trinajstić information content (AvgIpc) is 3.07. The van der Waals surface area contributed by atoms with Crippen LogP contribution >= 0.6 is 0 Å². The molecule has 1 saturated carbocycles. The minimum Gasteiger partial charge on any atom is -0.354 e. The molecule has 2 N–H and O–H groups in total. The summed E-state index contributed by atoms with van der Waals surface area (Å²) in [5.74, 6) is 0.539. The lowest BCUT2D eigenvalue weighted by Gasteiger charge is -2.11. The van der Waals surface area contributed by atoms with Gasteiger partial charge in [0, 0.05) is 24.9 Å². The van der Waals surface area contributed by atoms with E-state index in [1.165, 1.54) is 0 Å². The van der Waals surface area contributed by atoms with Gasteiger partial charge in [0.25, 0.3) is 0 Å². The van der Waals surface area contributed by atoms with Crippen LogP contribution in [0.25, 0.3) is 0 Å². The Hall–Kier alpha value is -1.06. The molecule has 2 amide bonds. The van der Waals surface area contributed by atoms with Crippen molar-refractivity contribution < 1.29 is 9.59 Å². The standard InChI is InChI=1S/C12H22N2O2/c1-3-4-9(2)11(15)13-7-8-14-12(16)10-5-6-10/h9-10H,3-8H2,1-2H3,(H,13,15)(H,14,16)/t9-/m0/s1. The van der Waals surface area contributed by atoms with Crippen molar-refractivity contribution in [1.29, 1.82) is 0 Å². The van der Waals surface area contributed by atoms with Crippen molar-refractivity contribution in [2.75, 3.05) is 13.1 Å². The normalized spacial score (nSPS) is 16.6. The molecule has 0 spiro atoms. The average molecular weight is 226 g/mol. The van der Waals surface area contributed by atoms with Crippen LogP contribution in [-0.4, -0.2) is 24.9 Å². The molecule has 0 unspecified atom stereocenters. The molecule has 0 aromatic rings. The zero-order chi connectivity index (χ0) is 12.0. The molecule has 1 aliphatic carbocycles. The lowest BCUT2D eigenvalue weighted by molar-refractivity contribution is -0.125. The van der Waals surface area contributed by atoms with Crippen LogP contribution in [0.5, 0.6) is 0 Å². The van der Waals surface area contributed by atoms with Crippen LogP contribution in [0.3, 0.4) is 0 Å². The maximum atomic E-state index is 11.5. The lowest BCUT2D eigenvalue weighted by Crippen LogP contribution is -2.37. The molecule has 1 atom stereocenters. The first-order valence-corrected chi connectivity index (χ1v) is 6.20. The predicted molar refractivity (Wildman–Crippen MR) is 62.8 cm³/mol. The molecule has 4 nitrogen and oxygen atoms in total. The second-order valence-corrected chi connectivity index (χ2v) is 4.55. The van der Waals surface area contributed by atoms with E-state index in [1.807, 2.05) is 6.92 Å². The van der Waals surface area contributed by atoms with Crippen LogP contribution in [-0.2, 0) is 9.59 Å². The van der Waals surface area contributed by atoms with Gasteiger partial charge in [0.15, 0.2) is 0 Å². The Kier molecular flexibility index (Phi) is 5.29. The third-order valence-corrected chi connectivity index (χ3v) is 2.84. The van der Waals surface area contributed by atoms with E-state index in [-0.39, 0.29) is 23.7 Å². The van der Waals surface area contributed by atoms with Crippen molar-refractivity contribution in [2.45, 2.75) is 39.5 Å². The molecule has 1 fully saturated rings. The summed E-state index contributed by atoms with van der Waals surface area (Å²) in [5, 5.41) is 5.65. The quantitative estimate of drug-likeness (QED) is 0.638. The number of rotatable bonds is 7. The predicted octanol–water partition coefficient (Wildman–Crippen LogP) is 1.06. The van der Waals surface area contributed by atoms with E-state index in [0.717, 1.165) is 25.7 Å². The Balaban J connectivity index is 2.01. The topological polar surface area (TPSA) is 58.2 Å². The molecule has 0 aromatic carbocycles. The smallest absolute Gasteiger partial charge is 0.223 e. The monoisotopic (exact) mass is 226 g/mol. The van der Waals surface area contributed by atoms with Gasteiger partial charge in [-0.2, -0.15) is 0 Å². The maximum Gasteiger partial charge on any atom is 0.223 e. The van der Waals surface area contributed by atoms with Crippen LogP contribution in [0.1, 0.15) is 39.5 Å². The second-order valence-electron chi connectivity index (χ2n) is 4.55. The molecule has 1 aliphatic rings. The van der Waals surface area contributed by atoms with Gasteiger partial charge in [-0.3, -0.25) is 9.59 Å². The summed E-state index contributed by atoms with van der Waals surface area (Å²) in [6.07, 6.45) is 3.98. The number of amides is 2. The van der Waals surface area contributed by atoms with Crippen molar-refractivity contribution in [1.82, 2.24) is 10.6 Å². The molecule has 92 valence electrons. The van der Waals surface area contributed by atoms with Gasteiger partial charge in [0.05, 0.1) is 0 Å². The van der Waals surface area contributed by atoms with Gasteiger partial charge in [0.2, 0.25) is 11.8 Å². The van der Waals surface area contributed by atoms with Gasteiger partial charge >= 0.3 is 0 Å². The zero-order valence-electron chi connectivity index (χ0n) is 10.2. The Morgan fingerprint density at radius 2 is 1.88 bits per heavy atom. The van der Waals surface area contributed by atoms with E-state index in [1.54, 1.807) is 0 Å². The first-order valence-electron chi connectivity index (χ1n) is 6.20. The molecular formula is C12H22N2O2. The molecule has 0 aliphatic heterocycles. The van der Waals surface area contributed by atoms with Crippen LogP contribution in [0, 0.1) is 11.8 Å². The summed E-state index contributed by atoms with van der Waals surface area (Å²) in [6.45, 7) is 5.08. The number of hydrogen-bond acceptors (Lipinski definition) is 2. The summed E-state index contributed by atoms with van der Waals surface area (Å²) in [4.78, 5) is 22.8. The number of carbonyl (C=O) groups is 2. The fourth-order valence-corrected chi connectivity index (χ4v) is 1.60. The van der Waals surface area contributed by atoms with Gasteiger partial charge in [-0.05, 0) is 19.3 Å². The fourth-order valence-electron chi connectivity index (χ4n) is 1.60. The summed E-state index contributed by atoms with van der Waals surface area (Å²) in [6, 6.07) is 0. The highest BCUT2D eigenvalue weighted by molar-refractivity contribution is 5.81. The van der Waals surface area contributed by atoms with E-state index in [9.17, 15) is 9.59 Å². The van der Waals surface area contributed by atoms with Crippen LogP contribution in [0.2, 0.25) is 0 Å². The summed E-state index contributed by atoms with van der Waals surface area (Å²) in [7, 11) is 0. The Morgan fingerprint density at radius 1 is 1.25 bits per heavy atom. The van der Waals surface area contributed by atoms with E-state index in [0.29, 0.717) is 13.1 Å². The van der Waals surface area contributed by atoms with Crippen molar-refractivity contribution in [2.24, 2.45) is 11.8 Å². The number of carbonyl (C=O) groups excluding carboxylic acids is 2. The summed E-state index contributed by atoms with van der Waals surface area (Å²) in [5.41, 5.74) is 0. The van der Waals surface area contributed by atoms with Crippen molar-refractivity contribution >= 4 is 11.8 Å². The molecule has 16 heavy (non-hydrogen) atoms. The molecule has 0 aromatic heterocycles. The summed E-state index contributed by atoms with van der Waals surface area (Å²) < 4.78 is 0. The number of hydrogen-bond donors (Lipinski definition) is 2. The van der Waals surface area contributed by atoms with Crippen molar-refractivity contribution in [3.63, 3.8) is 0 Å². The Bertz CT molecular complexity index is 249. The molecular weight excluding hydrogens is 204 g/mol. The first kappa shape index (κ1) is 13.0. The molecule has 0 radical (unpaired) electrons. The zero-order valence-corrected chi connectivity index (χ0v) is 10.2. The third kappa shape index (κ3) is 4.64. The van der Waals surface area contributed by atoms with E-state index in [2.05, 4.69) is 17.6 Å². The largest absolute Gasteiger partial charge is 0.354 e. The SMILES string of the molecule is CCC[C@H](C)C(=O)NCCNC(=O)C1CC1. The van der Waals surface area contributed by atoms with Crippen LogP contribution in [0.4, 0.5) is 0 Å². The van der Waals surface area contributed by atoms with Crippen molar-refractivity contribution in [3.05, 3.63) is 0 Å². The number of nitrogens with one attached hydrogen (secondary N) is 2. The highest BCUT2D eigenvalue weighted by atomic mass is 16.2. The minimum atomic E-state index is 0.0733. The lowest BCUT2D eigenvalue weighted by atomic mass is 10.1. The Morgan fingerprint density at radius 3 is 2.44 bits per heavy atom. The van der Waals surface area contributed by atoms with Gasteiger partial charge in [-0.25, -0.2) is 0 Å². The van der Waals surface area contributed by atoms with Crippen molar-refractivity contribution in [3.8, 4) is 0 Å². The van der Waals surface area contributed by atoms with Gasteiger partial charge in [-0.15, -0.1) is 0 Å². The van der Waals surface area contributed by atoms with Gasteiger partial charge in [-0.1, -0.05) is 20.3 Å². The van der Waals surface area contributed by atoms with E-state index < -0.39 is 0 Å². The fraction of sp³-hybridized carbons (Fsp3) is 0.833. The van der Waals surface area contributed by atoms with Crippen LogP contribution in [0.15, 0.2) is 0 Å². The Labute approximate surface area is 97.2 Å². The van der Waals surface area contributed by atoms with Crippen LogP contribution < -0.4 is 10.6 Å². The molecule has 0 heterocycles. The van der Waals surface area contributed by atoms with Gasteiger partial charge in [0.1, 0.15) is 0 Å². The van der Waals surface area contributed by atoms with E-state index in [4.69, 9.17) is 0 Å². The highest BCUT2D eigenvalue weighted by Crippen LogP contribution is 2.28. The molecule has 4 heteroatoms. The second kappa shape index (κ2) is 6.51. The summed E-state index contributed by atoms with van der Waals surface area (Å²) >= 11 is 0. The molecule has 1 rings (SSSR count). The van der Waals surface area contributed by atoms with E-state index >= 15 is 0 Å². The highest BCUT2D eigenvalue weighted by Gasteiger charge is 2.28. The molecule has 0 saturated heterocycles. The molecule has 0 bridgehead atoms. The third-order valence-electron chi connectivity index (χ3n) is 2.84. The van der Waals surface area contributed by atoms with Gasteiger partial charge < -0.3 is 10.6 Å². The first-order chi connectivity index (χ1) is 7.65.